The van der Waals surface area contributed by atoms with E-state index in [1.165, 1.54) is 25.7 Å². The summed E-state index contributed by atoms with van der Waals surface area (Å²) in [5, 5.41) is 3.48. The fraction of sp³-hybridized carbons (Fsp3) is 0.917. The van der Waals surface area contributed by atoms with Crippen molar-refractivity contribution < 1.29 is 4.79 Å². The van der Waals surface area contributed by atoms with Gasteiger partial charge in [-0.3, -0.25) is 4.79 Å². The Morgan fingerprint density at radius 1 is 1.27 bits per heavy atom. The van der Waals surface area contributed by atoms with E-state index in [2.05, 4.69) is 17.1 Å². The number of nitrogens with one attached hydrogen (secondary N) is 1. The molecule has 0 aromatic rings. The van der Waals surface area contributed by atoms with Crippen molar-refractivity contribution in [2.75, 3.05) is 13.1 Å². The Hall–Kier alpha value is -0.570. The van der Waals surface area contributed by atoms with Gasteiger partial charge in [-0.05, 0) is 39.2 Å². The first-order chi connectivity index (χ1) is 7.29. The number of nitrogens with zero attached hydrogens (tertiary/aromatic N) is 1. The zero-order chi connectivity index (χ0) is 10.7. The van der Waals surface area contributed by atoms with Crippen molar-refractivity contribution in [2.24, 2.45) is 0 Å². The Bertz CT molecular complexity index is 230. The molecule has 2 atom stereocenters. The van der Waals surface area contributed by atoms with Gasteiger partial charge < -0.3 is 10.2 Å². The molecule has 2 saturated heterocycles. The second-order valence-corrected chi connectivity index (χ2v) is 4.85. The Labute approximate surface area is 92.2 Å². The van der Waals surface area contributed by atoms with Crippen LogP contribution in [-0.4, -0.2) is 36.0 Å². The summed E-state index contributed by atoms with van der Waals surface area (Å²) < 4.78 is 0. The van der Waals surface area contributed by atoms with Crippen molar-refractivity contribution >= 4 is 5.91 Å². The number of piperidine rings is 1. The lowest BCUT2D eigenvalue weighted by Gasteiger charge is -2.38. The van der Waals surface area contributed by atoms with Crippen LogP contribution in [0.1, 0.15) is 45.4 Å². The molecule has 0 spiro atoms. The third-order valence-corrected chi connectivity index (χ3v) is 3.73. The summed E-state index contributed by atoms with van der Waals surface area (Å²) in [5.41, 5.74) is 0. The second kappa shape index (κ2) is 4.97. The molecule has 2 rings (SSSR count). The van der Waals surface area contributed by atoms with E-state index in [-0.39, 0.29) is 0 Å². The quantitative estimate of drug-likeness (QED) is 0.712. The van der Waals surface area contributed by atoms with E-state index in [0.717, 1.165) is 25.9 Å². The standard InChI is InChI=1S/C12H22N2O/c1-10-11(6-5-8-13-10)14-9-4-2-3-7-12(14)15/h10-11,13H,2-9H2,1H3. The fourth-order valence-electron chi connectivity index (χ4n) is 2.81. The van der Waals surface area contributed by atoms with Crippen molar-refractivity contribution in [1.82, 2.24) is 10.2 Å². The van der Waals surface area contributed by atoms with Gasteiger partial charge in [0.05, 0.1) is 0 Å². The molecule has 2 unspecified atom stereocenters. The minimum Gasteiger partial charge on any atom is -0.338 e. The number of likely N-dealkylation sites (tertiary alicyclic amines) is 1. The lowest BCUT2D eigenvalue weighted by Crippen LogP contribution is -2.53. The van der Waals surface area contributed by atoms with Crippen molar-refractivity contribution in [1.29, 1.82) is 0 Å². The van der Waals surface area contributed by atoms with E-state index in [1.54, 1.807) is 0 Å². The maximum Gasteiger partial charge on any atom is 0.222 e. The van der Waals surface area contributed by atoms with Crippen molar-refractivity contribution in [2.45, 2.75) is 57.5 Å². The van der Waals surface area contributed by atoms with Gasteiger partial charge in [-0.1, -0.05) is 6.42 Å². The number of hydrogen-bond donors (Lipinski definition) is 1. The van der Waals surface area contributed by atoms with Crippen molar-refractivity contribution in [3.63, 3.8) is 0 Å². The summed E-state index contributed by atoms with van der Waals surface area (Å²) in [6.45, 7) is 4.30. The van der Waals surface area contributed by atoms with Gasteiger partial charge >= 0.3 is 0 Å². The zero-order valence-electron chi connectivity index (χ0n) is 9.67. The predicted molar refractivity (Wildman–Crippen MR) is 60.7 cm³/mol. The summed E-state index contributed by atoms with van der Waals surface area (Å²) >= 11 is 0. The highest BCUT2D eigenvalue weighted by Gasteiger charge is 2.30. The van der Waals surface area contributed by atoms with E-state index >= 15 is 0 Å². The smallest absolute Gasteiger partial charge is 0.222 e. The Morgan fingerprint density at radius 3 is 2.93 bits per heavy atom. The van der Waals surface area contributed by atoms with Crippen LogP contribution >= 0.6 is 0 Å². The maximum absolute atomic E-state index is 12.0. The summed E-state index contributed by atoms with van der Waals surface area (Å²) in [5.74, 6) is 0.382. The van der Waals surface area contributed by atoms with E-state index < -0.39 is 0 Å². The maximum atomic E-state index is 12.0. The van der Waals surface area contributed by atoms with Crippen LogP contribution in [0.3, 0.4) is 0 Å². The van der Waals surface area contributed by atoms with Crippen LogP contribution < -0.4 is 5.32 Å². The lowest BCUT2D eigenvalue weighted by molar-refractivity contribution is -0.134. The summed E-state index contributed by atoms with van der Waals surface area (Å²) in [6, 6.07) is 0.921. The molecule has 2 fully saturated rings. The first-order valence-corrected chi connectivity index (χ1v) is 6.32. The molecule has 86 valence electrons. The largest absolute Gasteiger partial charge is 0.338 e. The first kappa shape index (κ1) is 10.9. The monoisotopic (exact) mass is 210 g/mol. The third-order valence-electron chi connectivity index (χ3n) is 3.73. The number of amides is 1. The van der Waals surface area contributed by atoms with Gasteiger partial charge in [0.15, 0.2) is 0 Å². The van der Waals surface area contributed by atoms with Crippen LogP contribution in [0.4, 0.5) is 0 Å². The fourth-order valence-corrected chi connectivity index (χ4v) is 2.81. The highest BCUT2D eigenvalue weighted by atomic mass is 16.2. The third kappa shape index (κ3) is 2.51. The highest BCUT2D eigenvalue weighted by Crippen LogP contribution is 2.20. The van der Waals surface area contributed by atoms with Crippen LogP contribution in [0.15, 0.2) is 0 Å². The topological polar surface area (TPSA) is 32.3 Å². The van der Waals surface area contributed by atoms with Gasteiger partial charge in [0.25, 0.3) is 0 Å². The Morgan fingerprint density at radius 2 is 2.13 bits per heavy atom. The molecular weight excluding hydrogens is 188 g/mol. The molecule has 0 bridgehead atoms. The number of rotatable bonds is 1. The van der Waals surface area contributed by atoms with Crippen LogP contribution in [0.25, 0.3) is 0 Å². The first-order valence-electron chi connectivity index (χ1n) is 6.32. The molecule has 1 N–H and O–H groups in total. The minimum absolute atomic E-state index is 0.382. The van der Waals surface area contributed by atoms with E-state index in [9.17, 15) is 4.79 Å². The van der Waals surface area contributed by atoms with Gasteiger partial charge in [0.1, 0.15) is 0 Å². The number of carbonyl (C=O) groups excluding carboxylic acids is 1. The number of hydrogen-bond acceptors (Lipinski definition) is 2. The molecule has 0 radical (unpaired) electrons. The molecule has 0 aliphatic carbocycles. The van der Waals surface area contributed by atoms with Gasteiger partial charge in [-0.25, -0.2) is 0 Å². The molecule has 0 aromatic heterocycles. The van der Waals surface area contributed by atoms with Gasteiger partial charge in [-0.2, -0.15) is 0 Å². The molecule has 0 aromatic carbocycles. The van der Waals surface area contributed by atoms with E-state index in [0.29, 0.717) is 18.0 Å². The van der Waals surface area contributed by atoms with E-state index in [1.807, 2.05) is 0 Å². The lowest BCUT2D eigenvalue weighted by atomic mass is 9.98. The molecule has 2 aliphatic heterocycles. The normalized spacial score (nSPS) is 33.9. The summed E-state index contributed by atoms with van der Waals surface area (Å²) in [7, 11) is 0. The van der Waals surface area contributed by atoms with Gasteiger partial charge in [-0.15, -0.1) is 0 Å². The summed E-state index contributed by atoms with van der Waals surface area (Å²) in [4.78, 5) is 14.1. The Balaban J connectivity index is 2.02. The average molecular weight is 210 g/mol. The van der Waals surface area contributed by atoms with Gasteiger partial charge in [0.2, 0.25) is 5.91 Å². The van der Waals surface area contributed by atoms with Crippen LogP contribution in [0, 0.1) is 0 Å². The van der Waals surface area contributed by atoms with Crippen molar-refractivity contribution in [3.05, 3.63) is 0 Å². The van der Waals surface area contributed by atoms with Crippen molar-refractivity contribution in [3.8, 4) is 0 Å². The SMILES string of the molecule is CC1NCCCC1N1CCCCCC1=O. The average Bonchev–Trinajstić information content (AvgIpc) is 2.44. The zero-order valence-corrected chi connectivity index (χ0v) is 9.67. The highest BCUT2D eigenvalue weighted by molar-refractivity contribution is 5.76. The molecule has 1 amide bonds. The molecule has 0 saturated carbocycles. The van der Waals surface area contributed by atoms with Gasteiger partial charge in [0, 0.05) is 25.0 Å². The van der Waals surface area contributed by atoms with Crippen LogP contribution in [0.5, 0.6) is 0 Å². The van der Waals surface area contributed by atoms with E-state index in [4.69, 9.17) is 0 Å². The molecule has 2 aliphatic rings. The minimum atomic E-state index is 0.382. The summed E-state index contributed by atoms with van der Waals surface area (Å²) in [6.07, 6.45) is 6.65. The van der Waals surface area contributed by atoms with Crippen LogP contribution in [-0.2, 0) is 4.79 Å². The van der Waals surface area contributed by atoms with Crippen LogP contribution in [0.2, 0.25) is 0 Å². The predicted octanol–water partition coefficient (Wildman–Crippen LogP) is 1.53. The molecule has 15 heavy (non-hydrogen) atoms. The molecule has 3 nitrogen and oxygen atoms in total. The second-order valence-electron chi connectivity index (χ2n) is 4.85. The molecular formula is C12H22N2O. The molecule has 3 heteroatoms. The number of carbonyl (C=O) groups is 1. The Kier molecular flexibility index (Phi) is 3.62. The molecule has 2 heterocycles.